The molecule has 66 valence electrons. The predicted molar refractivity (Wildman–Crippen MR) is 49.2 cm³/mol. The van der Waals surface area contributed by atoms with E-state index in [1.54, 1.807) is 7.11 Å². The summed E-state index contributed by atoms with van der Waals surface area (Å²) >= 11 is 0. The largest absolute Gasteiger partial charge is 0.380 e. The van der Waals surface area contributed by atoms with Crippen molar-refractivity contribution in [2.24, 2.45) is 0 Å². The molecule has 0 bridgehead atoms. The van der Waals surface area contributed by atoms with Crippen LogP contribution < -0.4 is 5.32 Å². The topological polar surface area (TPSA) is 34.1 Å². The summed E-state index contributed by atoms with van der Waals surface area (Å²) in [5.41, 5.74) is 2.16. The first kappa shape index (κ1) is 9.00. The summed E-state index contributed by atoms with van der Waals surface area (Å²) in [6, 6.07) is 4.00. The van der Waals surface area contributed by atoms with E-state index in [-0.39, 0.29) is 0 Å². The highest BCUT2D eigenvalue weighted by atomic mass is 16.5. The molecule has 0 radical (unpaired) electrons. The zero-order chi connectivity index (χ0) is 8.97. The molecule has 0 fully saturated rings. The highest BCUT2D eigenvalue weighted by molar-refractivity contribution is 5.38. The van der Waals surface area contributed by atoms with E-state index in [0.29, 0.717) is 6.61 Å². The van der Waals surface area contributed by atoms with Gasteiger partial charge in [0, 0.05) is 19.9 Å². The van der Waals surface area contributed by atoms with Gasteiger partial charge in [0.1, 0.15) is 5.82 Å². The number of anilines is 1. The van der Waals surface area contributed by atoms with Crippen molar-refractivity contribution in [2.75, 3.05) is 19.5 Å². The van der Waals surface area contributed by atoms with Crippen molar-refractivity contribution in [2.45, 2.75) is 13.5 Å². The second-order valence-corrected chi connectivity index (χ2v) is 2.69. The average Bonchev–Trinajstić information content (AvgIpc) is 2.04. The zero-order valence-electron chi connectivity index (χ0n) is 7.72. The van der Waals surface area contributed by atoms with E-state index in [2.05, 4.69) is 10.3 Å². The van der Waals surface area contributed by atoms with Crippen LogP contribution in [0, 0.1) is 6.92 Å². The van der Waals surface area contributed by atoms with Gasteiger partial charge < -0.3 is 10.1 Å². The maximum atomic E-state index is 5.03. The van der Waals surface area contributed by atoms with Crippen LogP contribution in [0.25, 0.3) is 0 Å². The van der Waals surface area contributed by atoms with Crippen molar-refractivity contribution in [3.05, 3.63) is 23.4 Å². The minimum atomic E-state index is 0.637. The number of hydrogen-bond acceptors (Lipinski definition) is 3. The van der Waals surface area contributed by atoms with Crippen LogP contribution in [-0.2, 0) is 11.3 Å². The Morgan fingerprint density at radius 2 is 2.25 bits per heavy atom. The maximum absolute atomic E-state index is 5.03. The Kier molecular flexibility index (Phi) is 3.05. The van der Waals surface area contributed by atoms with Crippen LogP contribution in [0.4, 0.5) is 5.82 Å². The Morgan fingerprint density at radius 3 is 2.83 bits per heavy atom. The molecule has 0 saturated carbocycles. The fraction of sp³-hybridized carbons (Fsp3) is 0.444. The molecule has 1 aromatic heterocycles. The molecular formula is C9H14N2O. The van der Waals surface area contributed by atoms with Crippen LogP contribution >= 0.6 is 0 Å². The number of nitrogens with zero attached hydrogens (tertiary/aromatic N) is 1. The Labute approximate surface area is 72.8 Å². The quantitative estimate of drug-likeness (QED) is 0.740. The van der Waals surface area contributed by atoms with Gasteiger partial charge >= 0.3 is 0 Å². The fourth-order valence-electron chi connectivity index (χ4n) is 1.12. The number of methoxy groups -OCH3 is 1. The molecule has 0 aromatic carbocycles. The van der Waals surface area contributed by atoms with E-state index >= 15 is 0 Å². The predicted octanol–water partition coefficient (Wildman–Crippen LogP) is 1.58. The van der Waals surface area contributed by atoms with E-state index in [1.807, 2.05) is 26.1 Å². The van der Waals surface area contributed by atoms with Gasteiger partial charge in [-0.1, -0.05) is 0 Å². The van der Waals surface area contributed by atoms with Crippen LogP contribution in [0.5, 0.6) is 0 Å². The van der Waals surface area contributed by atoms with Crippen molar-refractivity contribution >= 4 is 5.82 Å². The first-order valence-corrected chi connectivity index (χ1v) is 3.90. The third-order valence-electron chi connectivity index (χ3n) is 1.58. The molecule has 0 aliphatic heterocycles. The molecule has 3 heteroatoms. The van der Waals surface area contributed by atoms with Gasteiger partial charge in [0.05, 0.1) is 6.61 Å². The number of rotatable bonds is 3. The lowest BCUT2D eigenvalue weighted by Gasteiger charge is -2.04. The Morgan fingerprint density at radius 1 is 1.50 bits per heavy atom. The van der Waals surface area contributed by atoms with E-state index in [9.17, 15) is 0 Å². The van der Waals surface area contributed by atoms with Crippen molar-refractivity contribution in [1.29, 1.82) is 0 Å². The van der Waals surface area contributed by atoms with Crippen LogP contribution in [0.15, 0.2) is 12.1 Å². The second-order valence-electron chi connectivity index (χ2n) is 2.69. The summed E-state index contributed by atoms with van der Waals surface area (Å²) in [5, 5.41) is 3.00. The Hall–Kier alpha value is -1.09. The summed E-state index contributed by atoms with van der Waals surface area (Å²) in [6.45, 7) is 2.61. The van der Waals surface area contributed by atoms with Gasteiger partial charge in [0.25, 0.3) is 0 Å². The van der Waals surface area contributed by atoms with E-state index in [4.69, 9.17) is 4.74 Å². The molecular weight excluding hydrogens is 152 g/mol. The number of pyridine rings is 1. The van der Waals surface area contributed by atoms with Crippen molar-refractivity contribution in [3.63, 3.8) is 0 Å². The minimum absolute atomic E-state index is 0.637. The van der Waals surface area contributed by atoms with Crippen LogP contribution in [0.1, 0.15) is 11.3 Å². The van der Waals surface area contributed by atoms with E-state index in [0.717, 1.165) is 17.1 Å². The normalized spacial score (nSPS) is 9.92. The molecule has 3 nitrogen and oxygen atoms in total. The molecule has 12 heavy (non-hydrogen) atoms. The SMILES string of the molecule is CNc1cc(COC)cc(C)n1. The number of aryl methyl sites for hydroxylation is 1. The van der Waals surface area contributed by atoms with Crippen LogP contribution in [-0.4, -0.2) is 19.1 Å². The van der Waals surface area contributed by atoms with E-state index < -0.39 is 0 Å². The second kappa shape index (κ2) is 4.07. The third kappa shape index (κ3) is 2.20. The van der Waals surface area contributed by atoms with Gasteiger partial charge in [-0.15, -0.1) is 0 Å². The monoisotopic (exact) mass is 166 g/mol. The summed E-state index contributed by atoms with van der Waals surface area (Å²) in [6.07, 6.45) is 0. The Balaban J connectivity index is 2.90. The Bertz CT molecular complexity index is 261. The lowest BCUT2D eigenvalue weighted by Crippen LogP contribution is -1.97. The lowest BCUT2D eigenvalue weighted by atomic mass is 10.2. The molecule has 0 spiro atoms. The van der Waals surface area contributed by atoms with Crippen LogP contribution in [0.2, 0.25) is 0 Å². The number of nitrogens with one attached hydrogen (secondary N) is 1. The van der Waals surface area contributed by atoms with Gasteiger partial charge in [0.15, 0.2) is 0 Å². The fourth-order valence-corrected chi connectivity index (χ4v) is 1.12. The molecule has 0 amide bonds. The molecule has 1 rings (SSSR count). The molecule has 0 saturated heterocycles. The number of ether oxygens (including phenoxy) is 1. The summed E-state index contributed by atoms with van der Waals surface area (Å²) in [5.74, 6) is 0.891. The van der Waals surface area contributed by atoms with Gasteiger partial charge in [-0.2, -0.15) is 0 Å². The van der Waals surface area contributed by atoms with Gasteiger partial charge in [-0.25, -0.2) is 4.98 Å². The van der Waals surface area contributed by atoms with Crippen molar-refractivity contribution in [1.82, 2.24) is 4.98 Å². The van der Waals surface area contributed by atoms with E-state index in [1.165, 1.54) is 0 Å². The van der Waals surface area contributed by atoms with Gasteiger partial charge in [-0.3, -0.25) is 0 Å². The molecule has 0 aliphatic carbocycles. The van der Waals surface area contributed by atoms with Gasteiger partial charge in [-0.05, 0) is 24.6 Å². The molecule has 1 heterocycles. The first-order valence-electron chi connectivity index (χ1n) is 3.90. The number of aromatic nitrogens is 1. The minimum Gasteiger partial charge on any atom is -0.380 e. The average molecular weight is 166 g/mol. The van der Waals surface area contributed by atoms with Crippen molar-refractivity contribution in [3.8, 4) is 0 Å². The third-order valence-corrected chi connectivity index (χ3v) is 1.58. The first-order chi connectivity index (χ1) is 5.76. The molecule has 0 unspecified atom stereocenters. The van der Waals surface area contributed by atoms with Gasteiger partial charge in [0.2, 0.25) is 0 Å². The maximum Gasteiger partial charge on any atom is 0.126 e. The molecule has 1 N–H and O–H groups in total. The highest BCUT2D eigenvalue weighted by Crippen LogP contribution is 2.09. The summed E-state index contributed by atoms with van der Waals surface area (Å²) in [4.78, 5) is 4.27. The lowest BCUT2D eigenvalue weighted by molar-refractivity contribution is 0.185. The molecule has 0 atom stereocenters. The zero-order valence-corrected chi connectivity index (χ0v) is 7.72. The smallest absolute Gasteiger partial charge is 0.126 e. The molecule has 0 aliphatic rings. The highest BCUT2D eigenvalue weighted by Gasteiger charge is 1.97. The molecule has 1 aromatic rings. The number of hydrogen-bond donors (Lipinski definition) is 1. The van der Waals surface area contributed by atoms with Crippen LogP contribution in [0.3, 0.4) is 0 Å². The summed E-state index contributed by atoms with van der Waals surface area (Å²) in [7, 11) is 3.55. The summed E-state index contributed by atoms with van der Waals surface area (Å²) < 4.78 is 5.03. The standard InChI is InChI=1S/C9H14N2O/c1-7-4-8(6-12-3)5-9(10-2)11-7/h4-5H,6H2,1-3H3,(H,10,11). The van der Waals surface area contributed by atoms with Crippen molar-refractivity contribution < 1.29 is 4.74 Å².